The van der Waals surface area contributed by atoms with Crippen molar-refractivity contribution < 1.29 is 0 Å². The van der Waals surface area contributed by atoms with Gasteiger partial charge < -0.3 is 0 Å². The van der Waals surface area contributed by atoms with Crippen molar-refractivity contribution in [1.29, 1.82) is 0 Å². The summed E-state index contributed by atoms with van der Waals surface area (Å²) in [6.07, 6.45) is 1.10. The van der Waals surface area contributed by atoms with E-state index in [-0.39, 0.29) is 4.08 Å². The van der Waals surface area contributed by atoms with Gasteiger partial charge in [0.15, 0.2) is 0 Å². The van der Waals surface area contributed by atoms with Crippen molar-refractivity contribution >= 4 is 119 Å². The molecule has 0 N–H and O–H groups in total. The number of hydrogen-bond donors (Lipinski definition) is 0. The smallest absolute Gasteiger partial charge is 0.0798 e. The fourth-order valence-corrected chi connectivity index (χ4v) is 124. The summed E-state index contributed by atoms with van der Waals surface area (Å²) >= 11 is 31.6. The van der Waals surface area contributed by atoms with E-state index in [1.807, 2.05) is 55.8 Å². The zero-order valence-electron chi connectivity index (χ0n) is 9.50. The SMILES string of the molecule is S=P12CC3(c4ccc(Br)cc4)SP(=S)(S1)SP(=S)(S3)S2. The van der Waals surface area contributed by atoms with Crippen LogP contribution in [0.2, 0.25) is 0 Å². The Kier molecular flexibility index (Phi) is 4.59. The lowest BCUT2D eigenvalue weighted by Crippen LogP contribution is -2.26. The second-order valence-corrected chi connectivity index (χ2v) is 47.2. The highest BCUT2D eigenvalue weighted by molar-refractivity contribution is 9.61. The zero-order valence-corrected chi connectivity index (χ0v) is 20.3. The molecular weight excluding hydrogens is 525 g/mol. The first-order valence-electron chi connectivity index (χ1n) is 5.35. The first-order valence-corrected chi connectivity index (χ1v) is 23.7. The van der Waals surface area contributed by atoms with E-state index in [0.29, 0.717) is 0 Å². The lowest BCUT2D eigenvalue weighted by Gasteiger charge is -2.57. The summed E-state index contributed by atoms with van der Waals surface area (Å²) in [5, 5.41) is 0. The summed E-state index contributed by atoms with van der Waals surface area (Å²) in [6.45, 7) is 0. The van der Waals surface area contributed by atoms with Gasteiger partial charge in [0.1, 0.15) is 11.4 Å². The maximum absolute atomic E-state index is 6.04. The van der Waals surface area contributed by atoms with Crippen molar-refractivity contribution in [3.63, 3.8) is 0 Å². The van der Waals surface area contributed by atoms with Gasteiger partial charge in [-0.1, -0.05) is 108 Å². The monoisotopic (exact) mass is 530 g/mol. The third kappa shape index (κ3) is 2.90. The van der Waals surface area contributed by atoms with E-state index in [0.717, 1.165) is 10.6 Å². The minimum Gasteiger partial charge on any atom is -0.0798 e. The molecule has 108 valence electrons. The Morgan fingerprint density at radius 2 is 1.50 bits per heavy atom. The van der Waals surface area contributed by atoms with Gasteiger partial charge in [0, 0.05) is 10.6 Å². The molecule has 1 aromatic carbocycles. The molecule has 0 saturated carbocycles. The summed E-state index contributed by atoms with van der Waals surface area (Å²) in [5.74, 6) is 0. The lowest BCUT2D eigenvalue weighted by molar-refractivity contribution is 1.04. The molecule has 0 amide bonds. The average molecular weight is 531 g/mol. The van der Waals surface area contributed by atoms with Crippen LogP contribution in [-0.4, -0.2) is 6.16 Å². The maximum Gasteiger partial charge on any atom is 0.122 e. The van der Waals surface area contributed by atoms with Gasteiger partial charge >= 0.3 is 0 Å². The molecule has 4 fully saturated rings. The molecule has 2 unspecified atom stereocenters. The zero-order chi connectivity index (χ0) is 14.2. The Morgan fingerprint density at radius 1 is 0.950 bits per heavy atom. The molecule has 0 aliphatic carbocycles. The highest BCUT2D eigenvalue weighted by Gasteiger charge is 2.63. The first-order chi connectivity index (χ1) is 9.24. The molecule has 20 heavy (non-hydrogen) atoms. The van der Waals surface area contributed by atoms with Crippen molar-refractivity contribution in [2.45, 2.75) is 4.08 Å². The molecule has 0 spiro atoms. The molecular formula is C8H6BrP3S8. The van der Waals surface area contributed by atoms with Crippen molar-refractivity contribution in [3.8, 4) is 0 Å². The molecule has 1 aromatic rings. The topological polar surface area (TPSA) is 0 Å². The molecule has 4 saturated heterocycles. The van der Waals surface area contributed by atoms with Gasteiger partial charge in [0.25, 0.3) is 0 Å². The maximum atomic E-state index is 6.04. The summed E-state index contributed by atoms with van der Waals surface area (Å²) < 4.78 is -3.33. The van der Waals surface area contributed by atoms with Gasteiger partial charge in [-0.25, -0.2) is 0 Å². The van der Waals surface area contributed by atoms with Crippen LogP contribution in [-0.2, 0) is 39.5 Å². The molecule has 2 atom stereocenters. The van der Waals surface area contributed by atoms with Crippen LogP contribution in [0.3, 0.4) is 0 Å². The predicted molar refractivity (Wildman–Crippen MR) is 121 cm³/mol. The van der Waals surface area contributed by atoms with Gasteiger partial charge in [-0.15, -0.1) is 0 Å². The quantitative estimate of drug-likeness (QED) is 0.330. The Bertz CT molecular complexity index is 662. The second kappa shape index (κ2) is 5.45. The standard InChI is InChI=1S/C8H6BrP3S8/c9-7-3-1-6(2-4-7)8-5-10(13)18-11(14,16-8)20-12(15,17-8)19-10/h1-4H,5H2. The molecule has 0 radical (unpaired) electrons. The number of halogens is 1. The van der Waals surface area contributed by atoms with E-state index < -0.39 is 11.7 Å². The summed E-state index contributed by atoms with van der Waals surface area (Å²) in [5.41, 5.74) is 1.37. The summed E-state index contributed by atoms with van der Waals surface area (Å²) in [4.78, 5) is 0. The van der Waals surface area contributed by atoms with Crippen molar-refractivity contribution in [2.24, 2.45) is 0 Å². The van der Waals surface area contributed by atoms with Crippen LogP contribution in [0.5, 0.6) is 0 Å². The summed E-state index contributed by atoms with van der Waals surface area (Å²) in [7, 11) is 0. The Morgan fingerprint density at radius 3 is 2.00 bits per heavy atom. The Balaban J connectivity index is 1.91. The van der Waals surface area contributed by atoms with E-state index in [1.165, 1.54) is 5.56 Å². The fourth-order valence-electron chi connectivity index (χ4n) is 2.19. The molecule has 12 heteroatoms. The fraction of sp³-hybridized carbons (Fsp3) is 0.250. The molecule has 5 rings (SSSR count). The third-order valence-electron chi connectivity index (χ3n) is 2.85. The lowest BCUT2D eigenvalue weighted by atomic mass is 10.1. The van der Waals surface area contributed by atoms with Crippen LogP contribution in [0.1, 0.15) is 5.56 Å². The number of hydrogen-bond acceptors (Lipinski definition) is 8. The van der Waals surface area contributed by atoms with Crippen LogP contribution < -0.4 is 0 Å². The molecule has 0 nitrogen and oxygen atoms in total. The van der Waals surface area contributed by atoms with Crippen molar-refractivity contribution in [2.75, 3.05) is 6.16 Å². The Labute approximate surface area is 161 Å². The van der Waals surface area contributed by atoms with E-state index >= 15 is 0 Å². The van der Waals surface area contributed by atoms with Gasteiger partial charge in [-0.3, -0.25) is 0 Å². The van der Waals surface area contributed by atoms with E-state index in [4.69, 9.17) is 35.4 Å². The minimum absolute atomic E-state index is 0.0586. The minimum atomic E-state index is -1.52. The van der Waals surface area contributed by atoms with Gasteiger partial charge in [0.2, 0.25) is 0 Å². The number of benzene rings is 1. The van der Waals surface area contributed by atoms with Crippen LogP contribution in [0, 0.1) is 0 Å². The van der Waals surface area contributed by atoms with Crippen molar-refractivity contribution in [1.82, 2.24) is 0 Å². The molecule has 4 aliphatic heterocycles. The van der Waals surface area contributed by atoms with Crippen LogP contribution in [0.25, 0.3) is 0 Å². The van der Waals surface area contributed by atoms with Gasteiger partial charge in [-0.05, 0) is 28.7 Å². The van der Waals surface area contributed by atoms with Crippen LogP contribution >= 0.6 is 83.4 Å². The third-order valence-corrected chi connectivity index (χ3v) is 61.8. The van der Waals surface area contributed by atoms with E-state index in [9.17, 15) is 0 Å². The van der Waals surface area contributed by atoms with Gasteiger partial charge in [-0.2, -0.15) is 0 Å². The number of rotatable bonds is 1. The Hall–Kier alpha value is 3.40. The van der Waals surface area contributed by atoms with Crippen molar-refractivity contribution in [3.05, 3.63) is 34.3 Å². The van der Waals surface area contributed by atoms with Crippen LogP contribution in [0.15, 0.2) is 28.7 Å². The van der Waals surface area contributed by atoms with E-state index in [1.54, 1.807) is 0 Å². The predicted octanol–water partition coefficient (Wildman–Crippen LogP) is 8.07. The molecule has 4 bridgehead atoms. The highest BCUT2D eigenvalue weighted by Crippen LogP contribution is 3.19. The highest BCUT2D eigenvalue weighted by atomic mass is 79.9. The molecule has 4 aliphatic rings. The molecule has 4 heterocycles. The van der Waals surface area contributed by atoms with Crippen LogP contribution in [0.4, 0.5) is 0 Å². The summed E-state index contributed by atoms with van der Waals surface area (Å²) in [6, 6.07) is 8.70. The van der Waals surface area contributed by atoms with Gasteiger partial charge in [0.05, 0.1) is 4.44 Å². The largest absolute Gasteiger partial charge is 0.122 e. The van der Waals surface area contributed by atoms with E-state index in [2.05, 4.69) is 40.2 Å². The second-order valence-electron chi connectivity index (χ2n) is 4.35. The normalized spacial score (nSPS) is 49.5. The molecule has 0 aromatic heterocycles. The first kappa shape index (κ1) is 16.8. The average Bonchev–Trinajstić information content (AvgIpc) is 2.22.